The van der Waals surface area contributed by atoms with E-state index >= 15 is 0 Å². The van der Waals surface area contributed by atoms with E-state index in [0.717, 1.165) is 44.9 Å². The van der Waals surface area contributed by atoms with Gasteiger partial charge in [-0.05, 0) is 19.3 Å². The second-order valence-electron chi connectivity index (χ2n) is 19.2. The van der Waals surface area contributed by atoms with Crippen LogP contribution in [0.15, 0.2) is 12.2 Å². The lowest BCUT2D eigenvalue weighted by atomic mass is 9.99. The highest BCUT2D eigenvalue weighted by Crippen LogP contribution is 2.23. The standard InChI is InChI=1S/C53H103NO9/c1-3-5-7-9-11-13-15-17-19-20-21-22-23-24-25-26-28-30-32-34-36-38-40-42-47(57)52(61)54-45(44-62-53-51(60)50(59)49(58)48(43-55)63-53)46(56)41-39-37-35-33-31-29-27-18-16-14-12-10-8-6-4-2/h39,41,45-51,53,55-60H,3-38,40,42-44H2,1-2H3,(H,54,61)/b41-39+. The molecule has 0 aliphatic carbocycles. The number of ether oxygens (including phenoxy) is 2. The Bertz CT molecular complexity index is 1010. The number of nitrogens with one attached hydrogen (secondary N) is 1. The summed E-state index contributed by atoms with van der Waals surface area (Å²) in [6.07, 6.45) is 41.6. The zero-order valence-electron chi connectivity index (χ0n) is 41.0. The van der Waals surface area contributed by atoms with Gasteiger partial charge in [-0.2, -0.15) is 0 Å². The summed E-state index contributed by atoms with van der Waals surface area (Å²) in [6, 6.07) is -0.975. The summed E-state index contributed by atoms with van der Waals surface area (Å²) in [5.74, 6) is -0.611. The van der Waals surface area contributed by atoms with Gasteiger partial charge in [0.25, 0.3) is 0 Å². The van der Waals surface area contributed by atoms with Gasteiger partial charge in [0.2, 0.25) is 5.91 Å². The first-order chi connectivity index (χ1) is 30.8. The van der Waals surface area contributed by atoms with Gasteiger partial charge in [0.1, 0.15) is 30.5 Å². The molecule has 1 heterocycles. The Morgan fingerprint density at radius 2 is 0.905 bits per heavy atom. The molecule has 374 valence electrons. The summed E-state index contributed by atoms with van der Waals surface area (Å²) in [6.45, 7) is 3.64. The number of carbonyl (C=O) groups excluding carboxylic acids is 1. The SMILES string of the molecule is CCCCCCCCCCCCCCC/C=C/C(O)C(COC1OC(CO)C(O)C(O)C1O)NC(=O)C(O)CCCCCCCCCCCCCCCCCCCCCCCCC. The first-order valence-corrected chi connectivity index (χ1v) is 27.0. The fourth-order valence-electron chi connectivity index (χ4n) is 8.81. The van der Waals surface area contributed by atoms with Crippen molar-refractivity contribution in [1.29, 1.82) is 0 Å². The number of carbonyl (C=O) groups is 1. The van der Waals surface area contributed by atoms with Crippen LogP contribution in [0, 0.1) is 0 Å². The number of aliphatic hydroxyl groups is 6. The Morgan fingerprint density at radius 1 is 0.540 bits per heavy atom. The van der Waals surface area contributed by atoms with Gasteiger partial charge in [-0.1, -0.05) is 251 Å². The smallest absolute Gasteiger partial charge is 0.249 e. The molecule has 8 atom stereocenters. The molecule has 0 aromatic carbocycles. The molecule has 1 saturated heterocycles. The van der Waals surface area contributed by atoms with Crippen LogP contribution < -0.4 is 5.32 Å². The van der Waals surface area contributed by atoms with Crippen LogP contribution >= 0.6 is 0 Å². The number of unbranched alkanes of at least 4 members (excludes halogenated alkanes) is 35. The topological polar surface area (TPSA) is 169 Å². The molecular formula is C53H103NO9. The molecule has 0 spiro atoms. The maximum Gasteiger partial charge on any atom is 0.249 e. The van der Waals surface area contributed by atoms with Crippen LogP contribution in [0.25, 0.3) is 0 Å². The molecule has 0 aromatic rings. The molecule has 10 nitrogen and oxygen atoms in total. The zero-order chi connectivity index (χ0) is 46.0. The minimum absolute atomic E-state index is 0.301. The lowest BCUT2D eigenvalue weighted by Gasteiger charge is -2.40. The molecule has 0 bridgehead atoms. The van der Waals surface area contributed by atoms with E-state index < -0.39 is 61.5 Å². The maximum atomic E-state index is 13.1. The van der Waals surface area contributed by atoms with Crippen molar-refractivity contribution >= 4 is 5.91 Å². The normalized spacial score (nSPS) is 20.7. The number of aliphatic hydroxyl groups excluding tert-OH is 6. The van der Waals surface area contributed by atoms with Crippen LogP contribution in [0.3, 0.4) is 0 Å². The summed E-state index contributed by atoms with van der Waals surface area (Å²) in [7, 11) is 0. The van der Waals surface area contributed by atoms with Gasteiger partial charge < -0.3 is 45.4 Å². The largest absolute Gasteiger partial charge is 0.394 e. The molecular weight excluding hydrogens is 795 g/mol. The lowest BCUT2D eigenvalue weighted by Crippen LogP contribution is -2.60. The van der Waals surface area contributed by atoms with Crippen LogP contribution in [-0.4, -0.2) is 98.7 Å². The Hall–Kier alpha value is -1.11. The minimum Gasteiger partial charge on any atom is -0.394 e. The van der Waals surface area contributed by atoms with E-state index in [9.17, 15) is 35.4 Å². The molecule has 1 aliphatic heterocycles. The van der Waals surface area contributed by atoms with Gasteiger partial charge in [-0.25, -0.2) is 0 Å². The first-order valence-electron chi connectivity index (χ1n) is 27.0. The Kier molecular flexibility index (Phi) is 41.3. The van der Waals surface area contributed by atoms with Gasteiger partial charge in [0.15, 0.2) is 6.29 Å². The first kappa shape index (κ1) is 59.9. The van der Waals surface area contributed by atoms with E-state index in [2.05, 4.69) is 19.2 Å². The number of hydrogen-bond donors (Lipinski definition) is 7. The van der Waals surface area contributed by atoms with Gasteiger partial charge in [-0.3, -0.25) is 4.79 Å². The fourth-order valence-corrected chi connectivity index (χ4v) is 8.81. The highest BCUT2D eigenvalue weighted by atomic mass is 16.7. The molecule has 10 heteroatoms. The van der Waals surface area contributed by atoms with Crippen LogP contribution in [0.2, 0.25) is 0 Å². The maximum absolute atomic E-state index is 13.1. The molecule has 7 N–H and O–H groups in total. The van der Waals surface area contributed by atoms with Crippen LogP contribution in [0.5, 0.6) is 0 Å². The molecule has 0 aromatic heterocycles. The molecule has 8 unspecified atom stereocenters. The van der Waals surface area contributed by atoms with E-state index in [1.54, 1.807) is 6.08 Å². The predicted molar refractivity (Wildman–Crippen MR) is 260 cm³/mol. The van der Waals surface area contributed by atoms with E-state index in [1.807, 2.05) is 6.08 Å². The van der Waals surface area contributed by atoms with Crippen molar-refractivity contribution in [2.45, 2.75) is 307 Å². The number of rotatable bonds is 46. The van der Waals surface area contributed by atoms with Crippen LogP contribution in [0.4, 0.5) is 0 Å². The van der Waals surface area contributed by atoms with Gasteiger partial charge in [0, 0.05) is 0 Å². The third-order valence-electron chi connectivity index (χ3n) is 13.2. The van der Waals surface area contributed by atoms with Crippen molar-refractivity contribution in [3.8, 4) is 0 Å². The van der Waals surface area contributed by atoms with Crippen molar-refractivity contribution in [1.82, 2.24) is 5.32 Å². The summed E-state index contributed by atoms with van der Waals surface area (Å²) in [5.41, 5.74) is 0. The molecule has 0 saturated carbocycles. The average Bonchev–Trinajstić information content (AvgIpc) is 3.28. The predicted octanol–water partition coefficient (Wildman–Crippen LogP) is 11.4. The number of hydrogen-bond acceptors (Lipinski definition) is 9. The molecule has 1 amide bonds. The van der Waals surface area contributed by atoms with Crippen LogP contribution in [0.1, 0.15) is 258 Å². The van der Waals surface area contributed by atoms with Crippen molar-refractivity contribution in [2.24, 2.45) is 0 Å². The lowest BCUT2D eigenvalue weighted by molar-refractivity contribution is -0.302. The quantitative estimate of drug-likeness (QED) is 0.0232. The molecule has 1 fully saturated rings. The average molecular weight is 898 g/mol. The number of amides is 1. The van der Waals surface area contributed by atoms with E-state index in [0.29, 0.717) is 6.42 Å². The zero-order valence-corrected chi connectivity index (χ0v) is 41.0. The fraction of sp³-hybridized carbons (Fsp3) is 0.943. The van der Waals surface area contributed by atoms with E-state index in [4.69, 9.17) is 9.47 Å². The monoisotopic (exact) mass is 898 g/mol. The second kappa shape index (κ2) is 43.5. The van der Waals surface area contributed by atoms with Crippen molar-refractivity contribution in [3.63, 3.8) is 0 Å². The van der Waals surface area contributed by atoms with Gasteiger partial charge in [-0.15, -0.1) is 0 Å². The van der Waals surface area contributed by atoms with Gasteiger partial charge >= 0.3 is 0 Å². The highest BCUT2D eigenvalue weighted by Gasteiger charge is 2.44. The van der Waals surface area contributed by atoms with E-state index in [1.165, 1.54) is 193 Å². The minimum atomic E-state index is -1.61. The Balaban J connectivity index is 2.28. The summed E-state index contributed by atoms with van der Waals surface area (Å²) in [4.78, 5) is 13.1. The molecule has 0 radical (unpaired) electrons. The third-order valence-corrected chi connectivity index (χ3v) is 13.2. The molecule has 1 aliphatic rings. The van der Waals surface area contributed by atoms with Gasteiger partial charge in [0.05, 0.1) is 25.4 Å². The molecule has 1 rings (SSSR count). The Morgan fingerprint density at radius 3 is 1.29 bits per heavy atom. The second-order valence-corrected chi connectivity index (χ2v) is 19.2. The van der Waals surface area contributed by atoms with Crippen molar-refractivity contribution in [2.75, 3.05) is 13.2 Å². The summed E-state index contributed by atoms with van der Waals surface area (Å²) >= 11 is 0. The number of allylic oxidation sites excluding steroid dienone is 1. The highest BCUT2D eigenvalue weighted by molar-refractivity contribution is 5.80. The van der Waals surface area contributed by atoms with Crippen LogP contribution in [-0.2, 0) is 14.3 Å². The Labute approximate surface area is 387 Å². The molecule has 63 heavy (non-hydrogen) atoms. The summed E-state index contributed by atoms with van der Waals surface area (Å²) < 4.78 is 11.2. The summed E-state index contributed by atoms with van der Waals surface area (Å²) in [5, 5.41) is 64.9. The van der Waals surface area contributed by atoms with Crippen molar-refractivity contribution < 1.29 is 44.9 Å². The van der Waals surface area contributed by atoms with Crippen molar-refractivity contribution in [3.05, 3.63) is 12.2 Å². The third kappa shape index (κ3) is 33.1. The van der Waals surface area contributed by atoms with E-state index in [-0.39, 0.29) is 6.61 Å².